The molecular weight excluding hydrogens is 396 g/mol. The van der Waals surface area contributed by atoms with E-state index in [1.807, 2.05) is 4.90 Å². The van der Waals surface area contributed by atoms with Gasteiger partial charge in [-0.15, -0.1) is 0 Å². The van der Waals surface area contributed by atoms with Crippen molar-refractivity contribution in [3.05, 3.63) is 16.7 Å². The molecule has 1 saturated heterocycles. The Morgan fingerprint density at radius 3 is 2.72 bits per heavy atom. The normalized spacial score (nSPS) is 14.3. The topological polar surface area (TPSA) is 132 Å². The minimum absolute atomic E-state index is 0.167. The fourth-order valence-electron chi connectivity index (χ4n) is 2.42. The Balaban J connectivity index is 1.93. The number of nitrogens with zero attached hydrogens (tertiary/aromatic N) is 5. The van der Waals surface area contributed by atoms with E-state index in [0.29, 0.717) is 34.7 Å². The number of aliphatic hydroxyl groups is 1. The third kappa shape index (κ3) is 3.46. The van der Waals surface area contributed by atoms with Crippen LogP contribution in [0.2, 0.25) is 0 Å². The lowest BCUT2D eigenvalue weighted by Crippen LogP contribution is -2.60. The molecule has 0 bridgehead atoms. The van der Waals surface area contributed by atoms with Gasteiger partial charge in [-0.2, -0.15) is 0 Å². The van der Waals surface area contributed by atoms with Crippen molar-refractivity contribution in [2.45, 2.75) is 6.04 Å². The van der Waals surface area contributed by atoms with Crippen molar-refractivity contribution in [2.24, 2.45) is 0 Å². The maximum absolute atomic E-state index is 11.6. The van der Waals surface area contributed by atoms with Crippen LogP contribution in [0.25, 0.3) is 11.2 Å². The van der Waals surface area contributed by atoms with Crippen molar-refractivity contribution in [1.82, 2.24) is 19.9 Å². The number of amides is 2. The number of aliphatic hydroxyl groups excluding tert-OH is 1. The van der Waals surface area contributed by atoms with Crippen LogP contribution >= 0.6 is 15.9 Å². The second-order valence-electron chi connectivity index (χ2n) is 5.53. The molecule has 3 rings (SSSR count). The van der Waals surface area contributed by atoms with Gasteiger partial charge in [0.25, 0.3) is 5.91 Å². The van der Waals surface area contributed by atoms with Crippen LogP contribution in [0, 0.1) is 0 Å². The first kappa shape index (κ1) is 17.3. The van der Waals surface area contributed by atoms with E-state index < -0.39 is 18.6 Å². The highest BCUT2D eigenvalue weighted by molar-refractivity contribution is 9.10. The number of hydrogen-bond donors (Lipinski definition) is 3. The molecule has 2 amide bonds. The smallest absolute Gasteiger partial charge is 0.407 e. The first-order valence-electron chi connectivity index (χ1n) is 7.34. The number of rotatable bonds is 4. The molecule has 3 heterocycles. The highest BCUT2D eigenvalue weighted by Crippen LogP contribution is 2.29. The second-order valence-corrected chi connectivity index (χ2v) is 6.34. The highest BCUT2D eigenvalue weighted by Gasteiger charge is 2.35. The van der Waals surface area contributed by atoms with Crippen molar-refractivity contribution >= 4 is 50.7 Å². The molecule has 0 aromatic carbocycles. The van der Waals surface area contributed by atoms with Gasteiger partial charge in [0.1, 0.15) is 16.7 Å². The molecule has 0 atom stereocenters. The number of likely N-dealkylation sites (N-methyl/N-ethyl adjacent to an activating group) is 1. The molecule has 0 aliphatic carbocycles. The third-order valence-electron chi connectivity index (χ3n) is 3.89. The van der Waals surface area contributed by atoms with Crippen LogP contribution in [0.3, 0.4) is 0 Å². The molecule has 0 unspecified atom stereocenters. The van der Waals surface area contributed by atoms with Crippen molar-refractivity contribution in [3.63, 3.8) is 0 Å². The van der Waals surface area contributed by atoms with Crippen LogP contribution < -0.4 is 10.2 Å². The molecular formula is C14H15BrN6O4. The number of pyridine rings is 1. The molecule has 2 aromatic heterocycles. The molecule has 2 aromatic rings. The second kappa shape index (κ2) is 6.76. The van der Waals surface area contributed by atoms with Crippen molar-refractivity contribution < 1.29 is 19.8 Å². The maximum atomic E-state index is 11.6. The lowest BCUT2D eigenvalue weighted by atomic mass is 10.1. The number of hydrogen-bond acceptors (Lipinski definition) is 7. The van der Waals surface area contributed by atoms with Crippen molar-refractivity contribution in [1.29, 1.82) is 0 Å². The van der Waals surface area contributed by atoms with Crippen molar-refractivity contribution in [3.8, 4) is 0 Å². The van der Waals surface area contributed by atoms with Crippen LogP contribution in [0.4, 0.5) is 16.4 Å². The summed E-state index contributed by atoms with van der Waals surface area (Å²) in [6.45, 7) is 0.166. The van der Waals surface area contributed by atoms with E-state index in [0.717, 1.165) is 0 Å². The zero-order valence-electron chi connectivity index (χ0n) is 13.2. The Morgan fingerprint density at radius 1 is 1.36 bits per heavy atom. The zero-order chi connectivity index (χ0) is 18.1. The molecule has 0 radical (unpaired) electrons. The fourth-order valence-corrected chi connectivity index (χ4v) is 2.72. The average molecular weight is 411 g/mol. The van der Waals surface area contributed by atoms with E-state index in [-0.39, 0.29) is 11.9 Å². The monoisotopic (exact) mass is 410 g/mol. The number of carbonyl (C=O) groups excluding carboxylic acids is 1. The summed E-state index contributed by atoms with van der Waals surface area (Å²) >= 11 is 3.25. The highest BCUT2D eigenvalue weighted by atomic mass is 79.9. The summed E-state index contributed by atoms with van der Waals surface area (Å²) in [5, 5.41) is 20.5. The van der Waals surface area contributed by atoms with Crippen LogP contribution in [-0.4, -0.2) is 74.9 Å². The molecule has 25 heavy (non-hydrogen) atoms. The molecule has 1 fully saturated rings. The predicted octanol–water partition coefficient (Wildman–Crippen LogP) is 0.516. The van der Waals surface area contributed by atoms with Gasteiger partial charge in [-0.25, -0.2) is 19.7 Å². The fraction of sp³-hybridized carbons (Fsp3) is 0.357. The van der Waals surface area contributed by atoms with Gasteiger partial charge < -0.3 is 25.3 Å². The van der Waals surface area contributed by atoms with Crippen molar-refractivity contribution in [2.75, 3.05) is 37.0 Å². The Bertz CT molecular complexity index is 841. The summed E-state index contributed by atoms with van der Waals surface area (Å²) in [5.41, 5.74) is 0.876. The summed E-state index contributed by atoms with van der Waals surface area (Å²) in [6, 6.07) is 3.30. The van der Waals surface area contributed by atoms with Gasteiger partial charge in [0.05, 0.1) is 6.04 Å². The number of carbonyl (C=O) groups is 2. The lowest BCUT2D eigenvalue weighted by molar-refractivity contribution is -0.118. The number of carboxylic acid groups (broad SMARTS) is 1. The minimum Gasteiger partial charge on any atom is -0.465 e. The minimum atomic E-state index is -1.00. The molecule has 0 spiro atoms. The summed E-state index contributed by atoms with van der Waals surface area (Å²) in [7, 11) is 1.51. The van der Waals surface area contributed by atoms with Crippen LogP contribution in [0.5, 0.6) is 0 Å². The molecule has 1 aliphatic rings. The largest absolute Gasteiger partial charge is 0.465 e. The molecule has 10 nitrogen and oxygen atoms in total. The number of nitrogens with one attached hydrogen (secondary N) is 1. The SMILES string of the molecule is CN(C(=O)O)C1CN(c2nc3ccc(Br)nc3nc2NC(=O)CO)C1. The first-order valence-corrected chi connectivity index (χ1v) is 8.14. The van der Waals surface area contributed by atoms with E-state index in [1.165, 1.54) is 11.9 Å². The Hall–Kier alpha value is -2.53. The molecule has 1 aliphatic heterocycles. The van der Waals surface area contributed by atoms with Gasteiger partial charge in [0.15, 0.2) is 17.3 Å². The van der Waals surface area contributed by atoms with E-state index in [9.17, 15) is 9.59 Å². The third-order valence-corrected chi connectivity index (χ3v) is 4.33. The Labute approximate surface area is 150 Å². The molecule has 3 N–H and O–H groups in total. The van der Waals surface area contributed by atoms with Gasteiger partial charge in [-0.05, 0) is 28.1 Å². The standard InChI is InChI=1S/C14H15BrN6O4/c1-20(14(24)25)7-4-21(5-7)13-12(18-10(23)6-22)19-11-8(16-13)2-3-9(15)17-11/h2-3,7,22H,4-6H2,1H3,(H,24,25)(H,17,18,19,23). The summed E-state index contributed by atoms with van der Waals surface area (Å²) < 4.78 is 0.577. The van der Waals surface area contributed by atoms with Crippen LogP contribution in [-0.2, 0) is 4.79 Å². The molecule has 132 valence electrons. The van der Waals surface area contributed by atoms with Gasteiger partial charge in [0, 0.05) is 20.1 Å². The number of anilines is 2. The number of aromatic nitrogens is 3. The van der Waals surface area contributed by atoms with E-state index in [2.05, 4.69) is 36.2 Å². The summed E-state index contributed by atoms with van der Waals surface area (Å²) in [4.78, 5) is 38.6. The zero-order valence-corrected chi connectivity index (χ0v) is 14.8. The Morgan fingerprint density at radius 2 is 2.08 bits per heavy atom. The summed E-state index contributed by atoms with van der Waals surface area (Å²) in [6.07, 6.45) is -1.00. The predicted molar refractivity (Wildman–Crippen MR) is 92.5 cm³/mol. The first-order chi connectivity index (χ1) is 11.9. The average Bonchev–Trinajstić information content (AvgIpc) is 2.53. The van der Waals surface area contributed by atoms with Gasteiger partial charge in [-0.1, -0.05) is 0 Å². The van der Waals surface area contributed by atoms with Gasteiger partial charge >= 0.3 is 6.09 Å². The maximum Gasteiger partial charge on any atom is 0.407 e. The van der Waals surface area contributed by atoms with Gasteiger partial charge in [0.2, 0.25) is 0 Å². The molecule has 11 heteroatoms. The van der Waals surface area contributed by atoms with Crippen LogP contribution in [0.15, 0.2) is 16.7 Å². The number of halogens is 1. The van der Waals surface area contributed by atoms with E-state index >= 15 is 0 Å². The molecule has 0 saturated carbocycles. The van der Waals surface area contributed by atoms with Gasteiger partial charge in [-0.3, -0.25) is 4.79 Å². The van der Waals surface area contributed by atoms with E-state index in [4.69, 9.17) is 10.2 Å². The number of fused-ring (bicyclic) bond motifs is 1. The summed E-state index contributed by atoms with van der Waals surface area (Å²) in [5.74, 6) is -0.0355. The Kier molecular flexibility index (Phi) is 4.68. The van der Waals surface area contributed by atoms with Crippen LogP contribution in [0.1, 0.15) is 0 Å². The lowest BCUT2D eigenvalue weighted by Gasteiger charge is -2.43. The quantitative estimate of drug-likeness (QED) is 0.621. The van der Waals surface area contributed by atoms with E-state index in [1.54, 1.807) is 12.1 Å².